The van der Waals surface area contributed by atoms with Crippen LogP contribution in [0.25, 0.3) is 0 Å². The molecule has 2 atom stereocenters. The summed E-state index contributed by atoms with van der Waals surface area (Å²) < 4.78 is 5.33. The smallest absolute Gasteiger partial charge is 0.408 e. The van der Waals surface area contributed by atoms with E-state index in [0.29, 0.717) is 32.4 Å². The summed E-state index contributed by atoms with van der Waals surface area (Å²) in [7, 11) is 0. The second-order valence-electron chi connectivity index (χ2n) is 9.06. The number of carboxylic acids is 1. The first-order valence-electron chi connectivity index (χ1n) is 10.8. The van der Waals surface area contributed by atoms with Gasteiger partial charge in [0, 0.05) is 25.4 Å². The third-order valence-electron chi connectivity index (χ3n) is 5.18. The van der Waals surface area contributed by atoms with Gasteiger partial charge in [-0.3, -0.25) is 14.4 Å². The van der Waals surface area contributed by atoms with Crippen molar-refractivity contribution in [3.8, 4) is 0 Å². The van der Waals surface area contributed by atoms with Gasteiger partial charge in [-0.25, -0.2) is 4.79 Å². The molecule has 1 heterocycles. The largest absolute Gasteiger partial charge is 0.480 e. The molecule has 0 aliphatic carbocycles. The van der Waals surface area contributed by atoms with Crippen LogP contribution in [0.4, 0.5) is 4.79 Å². The van der Waals surface area contributed by atoms with Gasteiger partial charge in [0.15, 0.2) is 0 Å². The Morgan fingerprint density at radius 2 is 1.69 bits per heavy atom. The lowest BCUT2D eigenvalue weighted by Crippen LogP contribution is -2.53. The minimum absolute atomic E-state index is 0.238. The Morgan fingerprint density at radius 1 is 1.09 bits per heavy atom. The number of nitrogens with zero attached hydrogens (tertiary/aromatic N) is 1. The zero-order valence-corrected chi connectivity index (χ0v) is 19.1. The highest BCUT2D eigenvalue weighted by Crippen LogP contribution is 2.19. The highest BCUT2D eigenvalue weighted by atomic mass is 16.6. The molecule has 0 saturated carbocycles. The third-order valence-corrected chi connectivity index (χ3v) is 5.18. The number of benzene rings is 1. The number of likely N-dealkylation sites (tertiary alicyclic amines) is 1. The Labute approximate surface area is 188 Å². The maximum atomic E-state index is 13.2. The minimum atomic E-state index is -1.09. The van der Waals surface area contributed by atoms with Gasteiger partial charge in [-0.1, -0.05) is 30.3 Å². The first-order chi connectivity index (χ1) is 15.0. The quantitative estimate of drug-likeness (QED) is 0.587. The first kappa shape index (κ1) is 25.2. The van der Waals surface area contributed by atoms with Gasteiger partial charge >= 0.3 is 12.1 Å². The van der Waals surface area contributed by atoms with Crippen molar-refractivity contribution >= 4 is 23.9 Å². The monoisotopic (exact) mass is 447 g/mol. The summed E-state index contributed by atoms with van der Waals surface area (Å²) in [4.78, 5) is 50.4. The predicted molar refractivity (Wildman–Crippen MR) is 118 cm³/mol. The van der Waals surface area contributed by atoms with Crippen LogP contribution in [0.3, 0.4) is 0 Å². The molecule has 1 aliphatic rings. The number of nitrogens with one attached hydrogen (secondary N) is 2. The summed E-state index contributed by atoms with van der Waals surface area (Å²) in [6, 6.07) is 7.62. The molecule has 2 rings (SSSR count). The Balaban J connectivity index is 2.02. The topological polar surface area (TPSA) is 125 Å². The number of hydrogen-bond donors (Lipinski definition) is 3. The standard InChI is InChI=1S/C23H33N3O6/c1-15(21(29)30)24-19(27)17-10-12-26(13-11-17)20(28)18(14-16-8-6-5-7-9-16)25-22(31)32-23(2,3)4/h5-9,15,17-18H,10-14H2,1-4H3,(H,24,27)(H,25,31)(H,29,30)/t15-,18+/m1/s1. The zero-order valence-electron chi connectivity index (χ0n) is 19.1. The first-order valence-corrected chi connectivity index (χ1v) is 10.8. The Bertz CT molecular complexity index is 813. The van der Waals surface area contributed by atoms with Gasteiger partial charge in [-0.2, -0.15) is 0 Å². The van der Waals surface area contributed by atoms with E-state index in [0.717, 1.165) is 5.56 Å². The van der Waals surface area contributed by atoms with Crippen LogP contribution in [0, 0.1) is 5.92 Å². The summed E-state index contributed by atoms with van der Waals surface area (Å²) in [6.07, 6.45) is 0.502. The van der Waals surface area contributed by atoms with E-state index in [9.17, 15) is 19.2 Å². The normalized spacial score (nSPS) is 16.6. The molecule has 1 fully saturated rings. The number of rotatable bonds is 7. The van der Waals surface area contributed by atoms with E-state index in [1.165, 1.54) is 6.92 Å². The molecule has 0 unspecified atom stereocenters. The van der Waals surface area contributed by atoms with E-state index in [1.807, 2.05) is 30.3 Å². The van der Waals surface area contributed by atoms with E-state index in [2.05, 4.69) is 10.6 Å². The molecule has 176 valence electrons. The van der Waals surface area contributed by atoms with Crippen LogP contribution in [-0.2, 0) is 25.5 Å². The van der Waals surface area contributed by atoms with Crippen LogP contribution in [0.1, 0.15) is 46.1 Å². The molecule has 0 spiro atoms. The molecule has 3 amide bonds. The van der Waals surface area contributed by atoms with E-state index in [4.69, 9.17) is 9.84 Å². The number of piperidine rings is 1. The number of carbonyl (C=O) groups excluding carboxylic acids is 3. The van der Waals surface area contributed by atoms with Gasteiger partial charge < -0.3 is 25.4 Å². The van der Waals surface area contributed by atoms with Gasteiger partial charge in [-0.15, -0.1) is 0 Å². The molecule has 32 heavy (non-hydrogen) atoms. The minimum Gasteiger partial charge on any atom is -0.480 e. The van der Waals surface area contributed by atoms with E-state index in [-0.39, 0.29) is 17.7 Å². The molecule has 0 aromatic heterocycles. The van der Waals surface area contributed by atoms with Gasteiger partial charge in [0.1, 0.15) is 17.7 Å². The molecule has 9 nitrogen and oxygen atoms in total. The second-order valence-corrected chi connectivity index (χ2v) is 9.06. The van der Waals surface area contributed by atoms with Crippen molar-refractivity contribution < 1.29 is 29.0 Å². The maximum Gasteiger partial charge on any atom is 0.408 e. The Kier molecular flexibility index (Phi) is 8.63. The molecule has 1 aliphatic heterocycles. The fourth-order valence-corrected chi connectivity index (χ4v) is 3.48. The molecule has 0 radical (unpaired) electrons. The lowest BCUT2D eigenvalue weighted by Gasteiger charge is -2.34. The number of hydrogen-bond acceptors (Lipinski definition) is 5. The zero-order chi connectivity index (χ0) is 23.9. The van der Waals surface area contributed by atoms with Crippen molar-refractivity contribution in [3.05, 3.63) is 35.9 Å². The summed E-state index contributed by atoms with van der Waals surface area (Å²) in [5.41, 5.74) is 0.210. The number of amides is 3. The molecule has 1 aromatic carbocycles. The summed E-state index contributed by atoms with van der Waals surface area (Å²) >= 11 is 0. The molecule has 3 N–H and O–H groups in total. The van der Waals surface area contributed by atoms with Crippen molar-refractivity contribution in [2.75, 3.05) is 13.1 Å². The van der Waals surface area contributed by atoms with Crippen LogP contribution in [0.15, 0.2) is 30.3 Å². The third kappa shape index (κ3) is 7.86. The summed E-state index contributed by atoms with van der Waals surface area (Å²) in [6.45, 7) is 7.36. The lowest BCUT2D eigenvalue weighted by molar-refractivity contribution is -0.142. The molecular weight excluding hydrogens is 414 g/mol. The average molecular weight is 448 g/mol. The van der Waals surface area contributed by atoms with Crippen LogP contribution < -0.4 is 10.6 Å². The second kappa shape index (κ2) is 11.0. The number of aliphatic carboxylic acids is 1. The van der Waals surface area contributed by atoms with E-state index in [1.54, 1.807) is 25.7 Å². The fourth-order valence-electron chi connectivity index (χ4n) is 3.48. The van der Waals surface area contributed by atoms with Crippen LogP contribution in [-0.4, -0.2) is 64.7 Å². The molecule has 1 saturated heterocycles. The lowest BCUT2D eigenvalue weighted by atomic mass is 9.94. The van der Waals surface area contributed by atoms with Gasteiger partial charge in [0.2, 0.25) is 11.8 Å². The summed E-state index contributed by atoms with van der Waals surface area (Å²) in [5, 5.41) is 14.1. The van der Waals surface area contributed by atoms with E-state index < -0.39 is 29.7 Å². The van der Waals surface area contributed by atoms with Crippen molar-refractivity contribution in [1.29, 1.82) is 0 Å². The number of ether oxygens (including phenoxy) is 1. The van der Waals surface area contributed by atoms with E-state index >= 15 is 0 Å². The Hall–Kier alpha value is -3.10. The maximum absolute atomic E-state index is 13.2. The SMILES string of the molecule is C[C@@H](NC(=O)C1CCN(C(=O)[C@H](Cc2ccccc2)NC(=O)OC(C)(C)C)CC1)C(=O)O. The number of alkyl carbamates (subject to hydrolysis) is 1. The highest BCUT2D eigenvalue weighted by Gasteiger charge is 2.33. The predicted octanol–water partition coefficient (Wildman–Crippen LogP) is 1.95. The van der Waals surface area contributed by atoms with Gasteiger partial charge in [-0.05, 0) is 46.1 Å². The fraction of sp³-hybridized carbons (Fsp3) is 0.565. The van der Waals surface area contributed by atoms with Crippen molar-refractivity contribution in [2.45, 2.75) is 64.6 Å². The molecular formula is C23H33N3O6. The molecule has 1 aromatic rings. The van der Waals surface area contributed by atoms with Gasteiger partial charge in [0.25, 0.3) is 0 Å². The average Bonchev–Trinajstić information content (AvgIpc) is 2.72. The van der Waals surface area contributed by atoms with Crippen molar-refractivity contribution in [2.24, 2.45) is 5.92 Å². The number of carboxylic acid groups (broad SMARTS) is 1. The van der Waals surface area contributed by atoms with Crippen molar-refractivity contribution in [1.82, 2.24) is 15.5 Å². The van der Waals surface area contributed by atoms with Crippen LogP contribution in [0.5, 0.6) is 0 Å². The molecule has 9 heteroatoms. The van der Waals surface area contributed by atoms with Crippen LogP contribution >= 0.6 is 0 Å². The highest BCUT2D eigenvalue weighted by molar-refractivity contribution is 5.87. The Morgan fingerprint density at radius 3 is 2.22 bits per heavy atom. The molecule has 0 bridgehead atoms. The number of carbonyl (C=O) groups is 4. The summed E-state index contributed by atoms with van der Waals surface area (Å²) in [5.74, 6) is -2.01. The van der Waals surface area contributed by atoms with Crippen LogP contribution in [0.2, 0.25) is 0 Å². The van der Waals surface area contributed by atoms with Gasteiger partial charge in [0.05, 0.1) is 0 Å². The van der Waals surface area contributed by atoms with Crippen molar-refractivity contribution in [3.63, 3.8) is 0 Å².